The molecule has 0 bridgehead atoms. The highest BCUT2D eigenvalue weighted by Crippen LogP contribution is 2.20. The second-order valence-corrected chi connectivity index (χ2v) is 6.42. The van der Waals surface area contributed by atoms with Gasteiger partial charge in [-0.25, -0.2) is 0 Å². The van der Waals surface area contributed by atoms with Crippen molar-refractivity contribution in [1.29, 1.82) is 0 Å². The molecule has 1 aromatic carbocycles. The molecule has 0 heterocycles. The van der Waals surface area contributed by atoms with E-state index in [9.17, 15) is 0 Å². The van der Waals surface area contributed by atoms with Gasteiger partial charge < -0.3 is 10.1 Å². The van der Waals surface area contributed by atoms with Crippen molar-refractivity contribution >= 4 is 0 Å². The fraction of sp³-hybridized carbons (Fsp3) is 0.647. The number of para-hydroxylation sites is 1. The number of hydrogen-bond donors (Lipinski definition) is 1. The standard InChI is InChI=1S/C17H30N2O/c1-7-15(12-18-17(2,3)4)19(5)13-14-10-8-9-11-16(14)20-6/h8-11,15,18H,7,12-13H2,1-6H3. The third-order valence-corrected chi connectivity index (χ3v) is 3.57. The van der Waals surface area contributed by atoms with Gasteiger partial charge >= 0.3 is 0 Å². The molecular formula is C17H30N2O. The van der Waals surface area contributed by atoms with E-state index in [0.717, 1.165) is 25.3 Å². The number of rotatable bonds is 7. The highest BCUT2D eigenvalue weighted by atomic mass is 16.5. The van der Waals surface area contributed by atoms with Gasteiger partial charge in [0.15, 0.2) is 0 Å². The zero-order valence-electron chi connectivity index (χ0n) is 13.9. The maximum absolute atomic E-state index is 5.43. The first-order chi connectivity index (χ1) is 9.37. The lowest BCUT2D eigenvalue weighted by atomic mass is 10.1. The van der Waals surface area contributed by atoms with Crippen molar-refractivity contribution < 1.29 is 4.74 Å². The summed E-state index contributed by atoms with van der Waals surface area (Å²) in [6.45, 7) is 10.8. The van der Waals surface area contributed by atoms with E-state index in [1.165, 1.54) is 5.56 Å². The third-order valence-electron chi connectivity index (χ3n) is 3.57. The van der Waals surface area contributed by atoms with Gasteiger partial charge in [0, 0.05) is 30.2 Å². The van der Waals surface area contributed by atoms with E-state index in [2.05, 4.69) is 57.1 Å². The Kier molecular flexibility index (Phi) is 6.50. The molecule has 0 aliphatic carbocycles. The Morgan fingerprint density at radius 3 is 2.45 bits per heavy atom. The molecule has 0 saturated heterocycles. The van der Waals surface area contributed by atoms with Crippen molar-refractivity contribution in [2.45, 2.75) is 52.2 Å². The summed E-state index contributed by atoms with van der Waals surface area (Å²) in [7, 11) is 3.92. The Morgan fingerprint density at radius 1 is 1.25 bits per heavy atom. The maximum atomic E-state index is 5.43. The maximum Gasteiger partial charge on any atom is 0.123 e. The molecule has 1 N–H and O–H groups in total. The first-order valence-electron chi connectivity index (χ1n) is 7.44. The van der Waals surface area contributed by atoms with Gasteiger partial charge in [0.2, 0.25) is 0 Å². The van der Waals surface area contributed by atoms with Crippen LogP contribution in [0.2, 0.25) is 0 Å². The molecule has 1 aromatic rings. The van der Waals surface area contributed by atoms with Crippen LogP contribution >= 0.6 is 0 Å². The van der Waals surface area contributed by atoms with E-state index in [1.807, 2.05) is 12.1 Å². The summed E-state index contributed by atoms with van der Waals surface area (Å²) in [6.07, 6.45) is 1.13. The highest BCUT2D eigenvalue weighted by molar-refractivity contribution is 5.33. The van der Waals surface area contributed by atoms with Crippen molar-refractivity contribution in [2.24, 2.45) is 0 Å². The summed E-state index contributed by atoms with van der Waals surface area (Å²) in [5.41, 5.74) is 1.41. The molecule has 0 amide bonds. The molecule has 1 rings (SSSR count). The number of ether oxygens (including phenoxy) is 1. The van der Waals surface area contributed by atoms with Crippen LogP contribution in [0.5, 0.6) is 5.75 Å². The summed E-state index contributed by atoms with van der Waals surface area (Å²) in [5.74, 6) is 0.970. The van der Waals surface area contributed by atoms with Crippen LogP contribution < -0.4 is 10.1 Å². The first-order valence-corrected chi connectivity index (χ1v) is 7.44. The molecule has 1 unspecified atom stereocenters. The lowest BCUT2D eigenvalue weighted by Crippen LogP contribution is -2.46. The van der Waals surface area contributed by atoms with Gasteiger partial charge in [0.1, 0.15) is 5.75 Å². The molecule has 3 heteroatoms. The van der Waals surface area contributed by atoms with E-state index in [1.54, 1.807) is 7.11 Å². The topological polar surface area (TPSA) is 24.5 Å². The monoisotopic (exact) mass is 278 g/mol. The molecule has 0 aromatic heterocycles. The quantitative estimate of drug-likeness (QED) is 0.828. The minimum atomic E-state index is 0.165. The van der Waals surface area contributed by atoms with Crippen molar-refractivity contribution in [3.8, 4) is 5.75 Å². The van der Waals surface area contributed by atoms with Crippen LogP contribution in [0.1, 0.15) is 39.7 Å². The van der Waals surface area contributed by atoms with Crippen LogP contribution in [0, 0.1) is 0 Å². The summed E-state index contributed by atoms with van der Waals surface area (Å²) in [5, 5.41) is 3.60. The molecule has 0 radical (unpaired) electrons. The molecule has 114 valence electrons. The van der Waals surface area contributed by atoms with E-state index < -0.39 is 0 Å². The number of benzene rings is 1. The predicted molar refractivity (Wildman–Crippen MR) is 86.3 cm³/mol. The number of nitrogens with zero attached hydrogens (tertiary/aromatic N) is 1. The average Bonchev–Trinajstić information content (AvgIpc) is 2.38. The highest BCUT2D eigenvalue weighted by Gasteiger charge is 2.17. The summed E-state index contributed by atoms with van der Waals surface area (Å²) in [4.78, 5) is 2.40. The first kappa shape index (κ1) is 17.0. The second-order valence-electron chi connectivity index (χ2n) is 6.42. The molecule has 0 aliphatic rings. The fourth-order valence-corrected chi connectivity index (χ4v) is 2.27. The van der Waals surface area contributed by atoms with Gasteiger partial charge in [-0.1, -0.05) is 25.1 Å². The van der Waals surface area contributed by atoms with Gasteiger partial charge in [-0.2, -0.15) is 0 Å². The van der Waals surface area contributed by atoms with Crippen molar-refractivity contribution in [3.63, 3.8) is 0 Å². The van der Waals surface area contributed by atoms with Crippen LogP contribution in [-0.4, -0.2) is 37.2 Å². The van der Waals surface area contributed by atoms with Gasteiger partial charge in [-0.05, 0) is 40.3 Å². The number of nitrogens with one attached hydrogen (secondary N) is 1. The Hall–Kier alpha value is -1.06. The zero-order valence-corrected chi connectivity index (χ0v) is 13.9. The Labute approximate surface area is 124 Å². The minimum absolute atomic E-state index is 0.165. The number of hydrogen-bond acceptors (Lipinski definition) is 3. The van der Waals surface area contributed by atoms with Gasteiger partial charge in [0.25, 0.3) is 0 Å². The molecule has 1 atom stereocenters. The average molecular weight is 278 g/mol. The predicted octanol–water partition coefficient (Wildman–Crippen LogP) is 3.29. The zero-order chi connectivity index (χ0) is 15.2. The smallest absolute Gasteiger partial charge is 0.123 e. The normalized spacial score (nSPS) is 13.6. The van der Waals surface area contributed by atoms with Crippen molar-refractivity contribution in [3.05, 3.63) is 29.8 Å². The molecule has 0 saturated carbocycles. The molecule has 0 fully saturated rings. The van der Waals surface area contributed by atoms with Gasteiger partial charge in [-0.15, -0.1) is 0 Å². The van der Waals surface area contributed by atoms with Crippen molar-refractivity contribution in [1.82, 2.24) is 10.2 Å². The van der Waals surface area contributed by atoms with Crippen molar-refractivity contribution in [2.75, 3.05) is 20.7 Å². The lowest BCUT2D eigenvalue weighted by Gasteiger charge is -2.31. The van der Waals surface area contributed by atoms with E-state index in [-0.39, 0.29) is 5.54 Å². The van der Waals surface area contributed by atoms with Gasteiger partial charge in [-0.3, -0.25) is 4.90 Å². The van der Waals surface area contributed by atoms with Crippen LogP contribution in [-0.2, 0) is 6.54 Å². The summed E-state index contributed by atoms with van der Waals surface area (Å²) < 4.78 is 5.43. The summed E-state index contributed by atoms with van der Waals surface area (Å²) in [6, 6.07) is 8.77. The Morgan fingerprint density at radius 2 is 1.90 bits per heavy atom. The van der Waals surface area contributed by atoms with E-state index in [0.29, 0.717) is 6.04 Å². The van der Waals surface area contributed by atoms with Crippen LogP contribution in [0.3, 0.4) is 0 Å². The number of likely N-dealkylation sites (N-methyl/N-ethyl adjacent to an activating group) is 1. The largest absolute Gasteiger partial charge is 0.496 e. The fourth-order valence-electron chi connectivity index (χ4n) is 2.27. The Balaban J connectivity index is 2.65. The van der Waals surface area contributed by atoms with E-state index >= 15 is 0 Å². The molecule has 3 nitrogen and oxygen atoms in total. The summed E-state index contributed by atoms with van der Waals surface area (Å²) >= 11 is 0. The molecule has 0 aliphatic heterocycles. The molecule has 20 heavy (non-hydrogen) atoms. The van der Waals surface area contributed by atoms with E-state index in [4.69, 9.17) is 4.74 Å². The van der Waals surface area contributed by atoms with Crippen LogP contribution in [0.4, 0.5) is 0 Å². The third kappa shape index (κ3) is 5.51. The molecule has 0 spiro atoms. The molecular weight excluding hydrogens is 248 g/mol. The van der Waals surface area contributed by atoms with Crippen LogP contribution in [0.25, 0.3) is 0 Å². The van der Waals surface area contributed by atoms with Gasteiger partial charge in [0.05, 0.1) is 7.11 Å². The number of methoxy groups -OCH3 is 1. The lowest BCUT2D eigenvalue weighted by molar-refractivity contribution is 0.206. The minimum Gasteiger partial charge on any atom is -0.496 e. The van der Waals surface area contributed by atoms with Crippen LogP contribution in [0.15, 0.2) is 24.3 Å². The SMILES string of the molecule is CCC(CNC(C)(C)C)N(C)Cc1ccccc1OC. The Bertz CT molecular complexity index is 398. The second kappa shape index (κ2) is 7.65.